The van der Waals surface area contributed by atoms with Crippen molar-refractivity contribution >= 4 is 22.4 Å². The molecule has 5 heteroatoms. The molecular formula is C8H17N3OS. The zero-order chi connectivity index (χ0) is 10.3. The second kappa shape index (κ2) is 6.54. The zero-order valence-electron chi connectivity index (χ0n) is 8.37. The fourth-order valence-electron chi connectivity index (χ4n) is 0.477. The molecule has 4 nitrogen and oxygen atoms in total. The van der Waals surface area contributed by atoms with Crippen LogP contribution >= 0.6 is 11.3 Å². The predicted octanol–water partition coefficient (Wildman–Crippen LogP) is 2.40. The molecule has 1 N–H and O–H groups in total. The number of carbonyl (C=O) groups excluding carboxylic acids is 1. The summed E-state index contributed by atoms with van der Waals surface area (Å²) in [7, 11) is 0. The second-order valence-electron chi connectivity index (χ2n) is 2.39. The number of nitrogens with zero attached hydrogens (tertiary/aromatic N) is 2. The van der Waals surface area contributed by atoms with Crippen LogP contribution in [0.2, 0.25) is 0 Å². The Hall–Kier alpha value is -0.970. The Kier molecular flexibility index (Phi) is 6.05. The maximum atomic E-state index is 11.0. The van der Waals surface area contributed by atoms with Crippen molar-refractivity contribution in [3.8, 4) is 0 Å². The van der Waals surface area contributed by atoms with Gasteiger partial charge in [0.15, 0.2) is 0 Å². The summed E-state index contributed by atoms with van der Waals surface area (Å²) in [6.07, 6.45) is 0. The van der Waals surface area contributed by atoms with Crippen molar-refractivity contribution in [2.45, 2.75) is 27.7 Å². The van der Waals surface area contributed by atoms with Crippen molar-refractivity contribution in [3.05, 3.63) is 5.51 Å². The molecule has 1 heterocycles. The van der Waals surface area contributed by atoms with Crippen molar-refractivity contribution in [3.63, 3.8) is 0 Å². The summed E-state index contributed by atoms with van der Waals surface area (Å²) in [5, 5.41) is 10.4. The molecule has 0 bridgehead atoms. The van der Waals surface area contributed by atoms with Crippen LogP contribution in [-0.4, -0.2) is 16.1 Å². The van der Waals surface area contributed by atoms with Crippen LogP contribution in [0.15, 0.2) is 5.51 Å². The first-order chi connectivity index (χ1) is 6.20. The Labute approximate surface area is 83.9 Å². The number of aromatic nitrogens is 2. The lowest BCUT2D eigenvalue weighted by molar-refractivity contribution is -0.118. The minimum atomic E-state index is -0.0262. The van der Waals surface area contributed by atoms with E-state index in [2.05, 4.69) is 15.5 Å². The lowest BCUT2D eigenvalue weighted by atomic mass is 10.2. The van der Waals surface area contributed by atoms with Crippen LogP contribution in [0.3, 0.4) is 0 Å². The van der Waals surface area contributed by atoms with Gasteiger partial charge in [-0.05, 0) is 0 Å². The second-order valence-corrected chi connectivity index (χ2v) is 3.22. The number of rotatable bonds is 2. The summed E-state index contributed by atoms with van der Waals surface area (Å²) in [4.78, 5) is 11.0. The van der Waals surface area contributed by atoms with Crippen LogP contribution in [0, 0.1) is 5.92 Å². The molecule has 13 heavy (non-hydrogen) atoms. The molecule has 1 aromatic heterocycles. The number of anilines is 1. The van der Waals surface area contributed by atoms with Gasteiger partial charge in [-0.25, -0.2) is 0 Å². The van der Waals surface area contributed by atoms with E-state index in [1.807, 2.05) is 27.7 Å². The van der Waals surface area contributed by atoms with Crippen molar-refractivity contribution < 1.29 is 6.22 Å². The van der Waals surface area contributed by atoms with Crippen LogP contribution in [0.4, 0.5) is 5.13 Å². The normalized spacial score (nSPS) is 9.00. The monoisotopic (exact) mass is 203 g/mol. The van der Waals surface area contributed by atoms with Crippen LogP contribution in [0.25, 0.3) is 0 Å². The summed E-state index contributed by atoms with van der Waals surface area (Å²) in [5.74, 6) is -0.0411. The highest BCUT2D eigenvalue weighted by Crippen LogP contribution is 2.09. The van der Waals surface area contributed by atoms with Gasteiger partial charge in [0.2, 0.25) is 11.0 Å². The van der Waals surface area contributed by atoms with E-state index in [0.29, 0.717) is 5.13 Å². The van der Waals surface area contributed by atoms with E-state index in [0.717, 1.165) is 0 Å². The molecule has 0 aliphatic rings. The standard InChI is InChI=1S/C6H9N3OS.C2H6.H2/c1-4(2)5(10)8-6-9-7-3-11-6;1-2;/h3-4H,1-2H3,(H,8,9,10);1-2H3;1H. The van der Waals surface area contributed by atoms with Gasteiger partial charge >= 0.3 is 0 Å². The number of amides is 1. The number of nitrogens with one attached hydrogen (secondary N) is 1. The summed E-state index contributed by atoms with van der Waals surface area (Å²) < 4.78 is 0. The third-order valence-corrected chi connectivity index (χ3v) is 1.72. The molecule has 0 radical (unpaired) electrons. The third kappa shape index (κ3) is 4.57. The van der Waals surface area contributed by atoms with Gasteiger partial charge in [-0.15, -0.1) is 10.2 Å². The zero-order valence-corrected chi connectivity index (χ0v) is 9.18. The average Bonchev–Trinajstić information content (AvgIpc) is 2.60. The van der Waals surface area contributed by atoms with Gasteiger partial charge in [0, 0.05) is 7.34 Å². The van der Waals surface area contributed by atoms with E-state index in [9.17, 15) is 4.79 Å². The van der Waals surface area contributed by atoms with Crippen LogP contribution < -0.4 is 5.32 Å². The fourth-order valence-corrected chi connectivity index (χ4v) is 0.925. The Balaban J connectivity index is 0. The van der Waals surface area contributed by atoms with Crippen LogP contribution in [0.1, 0.15) is 29.1 Å². The lowest BCUT2D eigenvalue weighted by Gasteiger charge is -2.01. The summed E-state index contributed by atoms with van der Waals surface area (Å²) >= 11 is 1.31. The molecule has 0 aliphatic heterocycles. The van der Waals surface area contributed by atoms with Crippen molar-refractivity contribution in [1.29, 1.82) is 0 Å². The largest absolute Gasteiger partial charge is 0.300 e. The van der Waals surface area contributed by atoms with Gasteiger partial charge in [0.25, 0.3) is 0 Å². The average molecular weight is 203 g/mol. The van der Waals surface area contributed by atoms with Crippen molar-refractivity contribution in [1.82, 2.24) is 10.2 Å². The Bertz CT molecular complexity index is 239. The first kappa shape index (κ1) is 12.0. The summed E-state index contributed by atoms with van der Waals surface area (Å²) in [5.41, 5.74) is 1.58. The molecule has 0 saturated carbocycles. The van der Waals surface area contributed by atoms with Gasteiger partial charge in [-0.2, -0.15) is 0 Å². The van der Waals surface area contributed by atoms with Gasteiger partial charge < -0.3 is 5.32 Å². The van der Waals surface area contributed by atoms with E-state index >= 15 is 0 Å². The minimum Gasteiger partial charge on any atom is -0.300 e. The number of hydrogen-bond donors (Lipinski definition) is 1. The topological polar surface area (TPSA) is 54.9 Å². The smallest absolute Gasteiger partial charge is 0.228 e. The quantitative estimate of drug-likeness (QED) is 0.803. The SMILES string of the molecule is CC.CC(C)C(=O)Nc1nncs1.[HH]. The molecule has 0 aliphatic carbocycles. The van der Waals surface area contributed by atoms with E-state index in [-0.39, 0.29) is 13.3 Å². The Morgan fingerprint density at radius 2 is 2.23 bits per heavy atom. The van der Waals surface area contributed by atoms with Crippen molar-refractivity contribution in [2.24, 2.45) is 5.92 Å². The predicted molar refractivity (Wildman–Crippen MR) is 56.8 cm³/mol. The molecule has 1 amide bonds. The van der Waals surface area contributed by atoms with Crippen LogP contribution in [0.5, 0.6) is 0 Å². The van der Waals surface area contributed by atoms with E-state index in [4.69, 9.17) is 0 Å². The van der Waals surface area contributed by atoms with E-state index < -0.39 is 0 Å². The molecule has 0 saturated heterocycles. The van der Waals surface area contributed by atoms with Gasteiger partial charge in [-0.3, -0.25) is 4.79 Å². The maximum Gasteiger partial charge on any atom is 0.228 e. The number of carbonyl (C=O) groups is 1. The maximum absolute atomic E-state index is 11.0. The minimum absolute atomic E-state index is 0. The first-order valence-electron chi connectivity index (χ1n) is 4.27. The molecule has 0 aromatic carbocycles. The summed E-state index contributed by atoms with van der Waals surface area (Å²) in [6, 6.07) is 0. The third-order valence-electron chi connectivity index (χ3n) is 1.11. The molecule has 1 aromatic rings. The van der Waals surface area contributed by atoms with Gasteiger partial charge in [-0.1, -0.05) is 39.0 Å². The highest BCUT2D eigenvalue weighted by Gasteiger charge is 2.07. The molecule has 0 unspecified atom stereocenters. The number of hydrogen-bond acceptors (Lipinski definition) is 4. The van der Waals surface area contributed by atoms with Gasteiger partial charge in [0.05, 0.1) is 0 Å². The first-order valence-corrected chi connectivity index (χ1v) is 5.15. The molecule has 1 rings (SSSR count). The van der Waals surface area contributed by atoms with E-state index in [1.165, 1.54) is 11.3 Å². The molecule has 0 spiro atoms. The fraction of sp³-hybridized carbons (Fsp3) is 0.625. The Morgan fingerprint density at radius 3 is 2.62 bits per heavy atom. The van der Waals surface area contributed by atoms with Crippen LogP contribution in [-0.2, 0) is 4.79 Å². The highest BCUT2D eigenvalue weighted by atomic mass is 32.1. The molecule has 0 fully saturated rings. The molecule has 0 atom stereocenters. The van der Waals surface area contributed by atoms with E-state index in [1.54, 1.807) is 5.51 Å². The van der Waals surface area contributed by atoms with Crippen molar-refractivity contribution in [2.75, 3.05) is 5.32 Å². The van der Waals surface area contributed by atoms with Gasteiger partial charge in [0.1, 0.15) is 5.51 Å². The summed E-state index contributed by atoms with van der Waals surface area (Å²) in [6.45, 7) is 7.66. The Morgan fingerprint density at radius 1 is 1.62 bits per heavy atom. The lowest BCUT2D eigenvalue weighted by Crippen LogP contribution is -2.17. The molecule has 76 valence electrons. The highest BCUT2D eigenvalue weighted by molar-refractivity contribution is 7.13. The molecular weight excluding hydrogens is 186 g/mol.